The molecule has 0 aromatic heterocycles. The van der Waals surface area contributed by atoms with Crippen LogP contribution in [0.15, 0.2) is 0 Å². The molecule has 3 heteroatoms. The lowest BCUT2D eigenvalue weighted by molar-refractivity contribution is -0.122. The highest BCUT2D eigenvalue weighted by molar-refractivity contribution is 5.78. The minimum absolute atomic E-state index is 0.235. The summed E-state index contributed by atoms with van der Waals surface area (Å²) in [5, 5.41) is 3.30. The number of carbonyl (C=O) groups is 2. The van der Waals surface area contributed by atoms with E-state index in [9.17, 15) is 9.59 Å². The number of ketones is 1. The molecule has 38 heavy (non-hydrogen) atoms. The van der Waals surface area contributed by atoms with Crippen LogP contribution in [-0.4, -0.2) is 17.7 Å². The molecule has 1 N–H and O–H groups in total. The van der Waals surface area contributed by atoms with Crippen LogP contribution >= 0.6 is 0 Å². The maximum atomic E-state index is 12.5. The highest BCUT2D eigenvalue weighted by Crippen LogP contribution is 2.28. The van der Waals surface area contributed by atoms with Crippen LogP contribution in [0.2, 0.25) is 0 Å². The van der Waals surface area contributed by atoms with Gasteiger partial charge in [0, 0.05) is 25.3 Å². The maximum absolute atomic E-state index is 12.5. The third-order valence-corrected chi connectivity index (χ3v) is 8.73. The summed E-state index contributed by atoms with van der Waals surface area (Å²) >= 11 is 0. The molecule has 0 bridgehead atoms. The van der Waals surface area contributed by atoms with E-state index in [-0.39, 0.29) is 5.91 Å². The number of unbranched alkanes of at least 4 members (excludes halogenated alkanes) is 20. The van der Waals surface area contributed by atoms with E-state index in [1.807, 2.05) is 0 Å². The lowest BCUT2D eigenvalue weighted by Crippen LogP contribution is -2.38. The fourth-order valence-corrected chi connectivity index (χ4v) is 6.27. The van der Waals surface area contributed by atoms with Crippen LogP contribution in [0.25, 0.3) is 0 Å². The maximum Gasteiger partial charge on any atom is 0.220 e. The van der Waals surface area contributed by atoms with Gasteiger partial charge in [0.2, 0.25) is 5.91 Å². The molecule has 1 saturated carbocycles. The molecular weight excluding hydrogens is 466 g/mol. The van der Waals surface area contributed by atoms with Crippen LogP contribution in [0.4, 0.5) is 0 Å². The van der Waals surface area contributed by atoms with Crippen molar-refractivity contribution in [1.29, 1.82) is 0 Å². The van der Waals surface area contributed by atoms with Crippen molar-refractivity contribution in [3.8, 4) is 0 Å². The summed E-state index contributed by atoms with van der Waals surface area (Å²) < 4.78 is 0. The second-order valence-corrected chi connectivity index (χ2v) is 12.6. The lowest BCUT2D eigenvalue weighted by Gasteiger charge is -2.29. The Morgan fingerprint density at radius 3 is 1.45 bits per heavy atom. The smallest absolute Gasteiger partial charge is 0.220 e. The number of Topliss-reactive ketones (excluding diaryl/α,β-unsaturated/α-hetero) is 1. The van der Waals surface area contributed by atoms with Gasteiger partial charge in [-0.1, -0.05) is 149 Å². The Hall–Kier alpha value is -0.860. The molecule has 1 rings (SSSR count). The zero-order chi connectivity index (χ0) is 27.5. The fraction of sp³-hybridized carbons (Fsp3) is 0.943. The second-order valence-electron chi connectivity index (χ2n) is 12.6. The van der Waals surface area contributed by atoms with Gasteiger partial charge in [-0.2, -0.15) is 0 Å². The summed E-state index contributed by atoms with van der Waals surface area (Å²) in [7, 11) is 0. The van der Waals surface area contributed by atoms with Gasteiger partial charge in [-0.15, -0.1) is 0 Å². The number of carbonyl (C=O) groups excluding carboxylic acids is 2. The molecule has 0 spiro atoms. The van der Waals surface area contributed by atoms with Gasteiger partial charge in [-0.3, -0.25) is 9.59 Å². The van der Waals surface area contributed by atoms with Gasteiger partial charge in [-0.25, -0.2) is 0 Å². The van der Waals surface area contributed by atoms with Crippen molar-refractivity contribution in [2.45, 2.75) is 206 Å². The Bertz CT molecular complexity index is 500. The minimum atomic E-state index is 0.235. The average molecular weight is 534 g/mol. The predicted molar refractivity (Wildman–Crippen MR) is 166 cm³/mol. The van der Waals surface area contributed by atoms with Gasteiger partial charge < -0.3 is 5.32 Å². The molecule has 0 saturated heterocycles. The Morgan fingerprint density at radius 2 is 0.974 bits per heavy atom. The molecule has 0 aromatic carbocycles. The topological polar surface area (TPSA) is 46.2 Å². The zero-order valence-corrected chi connectivity index (χ0v) is 26.0. The van der Waals surface area contributed by atoms with Crippen LogP contribution in [0.3, 0.4) is 0 Å². The van der Waals surface area contributed by atoms with Gasteiger partial charge in [0.15, 0.2) is 0 Å². The third-order valence-electron chi connectivity index (χ3n) is 8.73. The van der Waals surface area contributed by atoms with Crippen molar-refractivity contribution in [3.63, 3.8) is 0 Å². The Balaban J connectivity index is 1.97. The van der Waals surface area contributed by atoms with Crippen LogP contribution in [0.5, 0.6) is 0 Å². The zero-order valence-electron chi connectivity index (χ0n) is 26.0. The average Bonchev–Trinajstić information content (AvgIpc) is 2.90. The van der Waals surface area contributed by atoms with Crippen LogP contribution in [0.1, 0.15) is 200 Å². The van der Waals surface area contributed by atoms with Crippen LogP contribution < -0.4 is 5.32 Å². The van der Waals surface area contributed by atoms with Crippen LogP contribution in [0, 0.1) is 5.92 Å². The fourth-order valence-electron chi connectivity index (χ4n) is 6.27. The normalized spacial score (nSPS) is 17.5. The van der Waals surface area contributed by atoms with E-state index >= 15 is 0 Å². The first-order valence-electron chi connectivity index (χ1n) is 17.5. The minimum Gasteiger partial charge on any atom is -0.353 e. The molecule has 2 unspecified atom stereocenters. The SMILES string of the molecule is CCCCCCCCCCCCCC(=O)CC1CCCC(NC(=O)CCCCCCCCCCCCC)C1. The first-order chi connectivity index (χ1) is 18.7. The van der Waals surface area contributed by atoms with E-state index in [1.165, 1.54) is 128 Å². The van der Waals surface area contributed by atoms with E-state index in [4.69, 9.17) is 0 Å². The molecule has 0 aliphatic heterocycles. The first-order valence-corrected chi connectivity index (χ1v) is 17.5. The van der Waals surface area contributed by atoms with E-state index < -0.39 is 0 Å². The quantitative estimate of drug-likeness (QED) is 0.107. The summed E-state index contributed by atoms with van der Waals surface area (Å²) in [6, 6.07) is 0.295. The number of amides is 1. The molecule has 1 amide bonds. The van der Waals surface area contributed by atoms with E-state index in [0.29, 0.717) is 24.2 Å². The highest BCUT2D eigenvalue weighted by atomic mass is 16.1. The molecule has 3 nitrogen and oxygen atoms in total. The van der Waals surface area contributed by atoms with Gasteiger partial charge in [-0.05, 0) is 38.0 Å². The van der Waals surface area contributed by atoms with E-state index in [1.54, 1.807) is 0 Å². The van der Waals surface area contributed by atoms with Crippen molar-refractivity contribution in [1.82, 2.24) is 5.32 Å². The van der Waals surface area contributed by atoms with Crippen molar-refractivity contribution < 1.29 is 9.59 Å². The molecule has 0 aromatic rings. The summed E-state index contributed by atoms with van der Waals surface area (Å²) in [6.45, 7) is 4.55. The molecule has 224 valence electrons. The Labute approximate surface area is 238 Å². The number of hydrogen-bond acceptors (Lipinski definition) is 2. The first kappa shape index (κ1) is 35.2. The second kappa shape index (κ2) is 26.4. The van der Waals surface area contributed by atoms with E-state index in [0.717, 1.165) is 51.4 Å². The number of nitrogens with one attached hydrogen (secondary N) is 1. The van der Waals surface area contributed by atoms with Crippen molar-refractivity contribution >= 4 is 11.7 Å². The monoisotopic (exact) mass is 534 g/mol. The largest absolute Gasteiger partial charge is 0.353 e. The lowest BCUT2D eigenvalue weighted by atomic mass is 9.82. The van der Waals surface area contributed by atoms with E-state index in [2.05, 4.69) is 19.2 Å². The van der Waals surface area contributed by atoms with Gasteiger partial charge in [0.1, 0.15) is 5.78 Å². The van der Waals surface area contributed by atoms with Crippen molar-refractivity contribution in [3.05, 3.63) is 0 Å². The van der Waals surface area contributed by atoms with Crippen molar-refractivity contribution in [2.24, 2.45) is 5.92 Å². The standard InChI is InChI=1S/C35H67NO2/c1-3-5-7-9-11-13-15-17-19-21-23-28-34(37)31-32-26-25-27-33(30-32)36-35(38)29-24-22-20-18-16-14-12-10-8-6-4-2/h32-33H,3-31H2,1-2H3,(H,36,38). The third kappa shape index (κ3) is 22.0. The molecule has 0 heterocycles. The molecule has 1 aliphatic carbocycles. The molecular formula is C35H67NO2. The summed E-state index contributed by atoms with van der Waals surface area (Å²) in [6.07, 6.45) is 35.7. The summed E-state index contributed by atoms with van der Waals surface area (Å²) in [5.74, 6) is 1.17. The van der Waals surface area contributed by atoms with Crippen molar-refractivity contribution in [2.75, 3.05) is 0 Å². The molecule has 0 radical (unpaired) electrons. The van der Waals surface area contributed by atoms with Gasteiger partial charge in [0.05, 0.1) is 0 Å². The molecule has 2 atom stereocenters. The predicted octanol–water partition coefficient (Wildman–Crippen LogP) is 11.0. The van der Waals surface area contributed by atoms with Crippen LogP contribution in [-0.2, 0) is 9.59 Å². The summed E-state index contributed by atoms with van der Waals surface area (Å²) in [4.78, 5) is 25.0. The number of hydrogen-bond donors (Lipinski definition) is 1. The number of rotatable bonds is 27. The molecule has 1 fully saturated rings. The Kier molecular flexibility index (Phi) is 24.4. The summed E-state index contributed by atoms with van der Waals surface area (Å²) in [5.41, 5.74) is 0. The van der Waals surface area contributed by atoms with Gasteiger partial charge in [0.25, 0.3) is 0 Å². The highest BCUT2D eigenvalue weighted by Gasteiger charge is 2.24. The Morgan fingerprint density at radius 1 is 0.553 bits per heavy atom. The van der Waals surface area contributed by atoms with Gasteiger partial charge >= 0.3 is 0 Å². The molecule has 1 aliphatic rings.